The topological polar surface area (TPSA) is 52.6 Å². The Labute approximate surface area is 126 Å². The van der Waals surface area contributed by atoms with Crippen LogP contribution in [0.4, 0.5) is 0 Å². The van der Waals surface area contributed by atoms with Gasteiger partial charge >= 0.3 is 11.9 Å². The van der Waals surface area contributed by atoms with Gasteiger partial charge in [-0.15, -0.1) is 0 Å². The highest BCUT2D eigenvalue weighted by Crippen LogP contribution is 2.22. The lowest BCUT2D eigenvalue weighted by molar-refractivity contribution is -0.148. The number of hydrogen-bond donors (Lipinski definition) is 0. The van der Waals surface area contributed by atoms with E-state index in [0.717, 1.165) is 51.4 Å². The molecule has 4 heteroatoms. The number of hydrogen-bond acceptors (Lipinski definition) is 4. The summed E-state index contributed by atoms with van der Waals surface area (Å²) in [5.74, 6) is -0.803. The van der Waals surface area contributed by atoms with E-state index in [4.69, 9.17) is 9.47 Å². The van der Waals surface area contributed by atoms with E-state index < -0.39 is 5.97 Å². The van der Waals surface area contributed by atoms with Crippen molar-refractivity contribution in [1.82, 2.24) is 0 Å². The fraction of sp³-hybridized carbons (Fsp3) is 0.765. The van der Waals surface area contributed by atoms with E-state index in [1.807, 2.05) is 0 Å². The van der Waals surface area contributed by atoms with Crippen molar-refractivity contribution in [2.75, 3.05) is 0 Å². The molecule has 0 aromatic carbocycles. The highest BCUT2D eigenvalue weighted by molar-refractivity contribution is 5.95. The second-order valence-corrected chi connectivity index (χ2v) is 6.19. The highest BCUT2D eigenvalue weighted by atomic mass is 16.5. The molecule has 2 saturated carbocycles. The molecule has 0 saturated heterocycles. The van der Waals surface area contributed by atoms with Gasteiger partial charge in [0.05, 0.1) is 0 Å². The summed E-state index contributed by atoms with van der Waals surface area (Å²) in [4.78, 5) is 23.8. The molecule has 118 valence electrons. The fourth-order valence-corrected chi connectivity index (χ4v) is 3.04. The van der Waals surface area contributed by atoms with Gasteiger partial charge in [0.2, 0.25) is 0 Å². The lowest BCUT2D eigenvalue weighted by Gasteiger charge is -2.22. The van der Waals surface area contributed by atoms with Crippen LogP contribution in [-0.4, -0.2) is 24.1 Å². The minimum Gasteiger partial charge on any atom is -0.459 e. The van der Waals surface area contributed by atoms with Gasteiger partial charge in [0.15, 0.2) is 0 Å². The molecule has 0 unspecified atom stereocenters. The quantitative estimate of drug-likeness (QED) is 0.586. The molecular weight excluding hydrogens is 268 g/mol. The van der Waals surface area contributed by atoms with Gasteiger partial charge in [-0.05, 0) is 58.3 Å². The zero-order valence-corrected chi connectivity index (χ0v) is 12.9. The van der Waals surface area contributed by atoms with Crippen molar-refractivity contribution in [1.29, 1.82) is 0 Å². The Morgan fingerprint density at radius 3 is 1.81 bits per heavy atom. The molecule has 0 atom stereocenters. The maximum absolute atomic E-state index is 11.9. The number of carbonyl (C=O) groups excluding carboxylic acids is 2. The van der Waals surface area contributed by atoms with Crippen molar-refractivity contribution in [3.05, 3.63) is 11.6 Å². The van der Waals surface area contributed by atoms with E-state index in [-0.39, 0.29) is 18.2 Å². The zero-order valence-electron chi connectivity index (χ0n) is 12.9. The molecule has 0 bridgehead atoms. The minimum atomic E-state index is -0.417. The van der Waals surface area contributed by atoms with Gasteiger partial charge in [-0.3, -0.25) is 0 Å². The van der Waals surface area contributed by atoms with Gasteiger partial charge in [-0.2, -0.15) is 0 Å². The Bertz CT molecular complexity index is 388. The molecule has 0 aliphatic heterocycles. The molecule has 0 heterocycles. The monoisotopic (exact) mass is 294 g/mol. The zero-order chi connectivity index (χ0) is 15.1. The van der Waals surface area contributed by atoms with Gasteiger partial charge in [0.1, 0.15) is 12.2 Å². The molecule has 2 aliphatic carbocycles. The van der Waals surface area contributed by atoms with E-state index in [9.17, 15) is 9.59 Å². The second kappa shape index (κ2) is 8.20. The summed E-state index contributed by atoms with van der Waals surface area (Å²) >= 11 is 0. The number of ether oxygens (including phenoxy) is 2. The van der Waals surface area contributed by atoms with Crippen molar-refractivity contribution < 1.29 is 19.1 Å². The van der Waals surface area contributed by atoms with Crippen LogP contribution in [0, 0.1) is 0 Å². The molecular formula is C17H26O4. The number of rotatable bonds is 4. The Morgan fingerprint density at radius 1 is 0.810 bits per heavy atom. The van der Waals surface area contributed by atoms with Crippen LogP contribution in [0.25, 0.3) is 0 Å². The maximum Gasteiger partial charge on any atom is 0.334 e. The van der Waals surface area contributed by atoms with Crippen molar-refractivity contribution in [2.24, 2.45) is 0 Å². The number of esters is 2. The Morgan fingerprint density at radius 2 is 1.29 bits per heavy atom. The predicted octanol–water partition coefficient (Wildman–Crippen LogP) is 3.68. The van der Waals surface area contributed by atoms with Crippen molar-refractivity contribution in [3.8, 4) is 0 Å². The summed E-state index contributed by atoms with van der Waals surface area (Å²) < 4.78 is 10.8. The van der Waals surface area contributed by atoms with E-state index in [0.29, 0.717) is 5.57 Å². The van der Waals surface area contributed by atoms with E-state index in [1.165, 1.54) is 18.9 Å². The molecule has 0 aromatic heterocycles. The third-order valence-electron chi connectivity index (χ3n) is 4.32. The molecule has 2 rings (SSSR count). The molecule has 2 fully saturated rings. The summed E-state index contributed by atoms with van der Waals surface area (Å²) in [6, 6.07) is 0. The van der Waals surface area contributed by atoms with Crippen molar-refractivity contribution in [2.45, 2.75) is 83.3 Å². The fourth-order valence-electron chi connectivity index (χ4n) is 3.04. The third-order valence-corrected chi connectivity index (χ3v) is 4.32. The predicted molar refractivity (Wildman–Crippen MR) is 79.7 cm³/mol. The molecule has 0 spiro atoms. The summed E-state index contributed by atoms with van der Waals surface area (Å²) in [5, 5.41) is 0. The lowest BCUT2D eigenvalue weighted by Crippen LogP contribution is -2.23. The van der Waals surface area contributed by atoms with Gasteiger partial charge in [0.25, 0.3) is 0 Å². The Balaban J connectivity index is 1.77. The molecule has 4 nitrogen and oxygen atoms in total. The minimum absolute atomic E-state index is 0.0176. The third kappa shape index (κ3) is 5.52. The van der Waals surface area contributed by atoms with Gasteiger partial charge < -0.3 is 9.47 Å². The first-order valence-electron chi connectivity index (χ1n) is 8.25. The van der Waals surface area contributed by atoms with E-state index >= 15 is 0 Å². The van der Waals surface area contributed by atoms with Crippen LogP contribution in [0.2, 0.25) is 0 Å². The van der Waals surface area contributed by atoms with Gasteiger partial charge in [-0.25, -0.2) is 9.59 Å². The lowest BCUT2D eigenvalue weighted by atomic mass is 9.98. The first kappa shape index (κ1) is 16.1. The summed E-state index contributed by atoms with van der Waals surface area (Å²) in [5.41, 5.74) is 0.335. The summed E-state index contributed by atoms with van der Waals surface area (Å²) in [6.45, 7) is 1.62. The summed E-state index contributed by atoms with van der Waals surface area (Å²) in [6.07, 6.45) is 12.0. The van der Waals surface area contributed by atoms with Gasteiger partial charge in [0, 0.05) is 11.6 Å². The van der Waals surface area contributed by atoms with Crippen LogP contribution in [0.5, 0.6) is 0 Å². The Kier molecular flexibility index (Phi) is 6.27. The standard InChI is InChI=1S/C17H26O4/c1-13(17(19)21-15-10-6-3-7-11-15)12-16(18)20-14-8-4-2-5-9-14/h12,14-15H,2-11H2,1H3/b13-12-. The summed E-state index contributed by atoms with van der Waals surface area (Å²) in [7, 11) is 0. The van der Waals surface area contributed by atoms with Crippen LogP contribution >= 0.6 is 0 Å². The number of carbonyl (C=O) groups is 2. The smallest absolute Gasteiger partial charge is 0.334 e. The van der Waals surface area contributed by atoms with Crippen LogP contribution in [0.1, 0.15) is 71.1 Å². The molecule has 0 amide bonds. The molecule has 21 heavy (non-hydrogen) atoms. The Hall–Kier alpha value is -1.32. The molecule has 0 radical (unpaired) electrons. The highest BCUT2D eigenvalue weighted by Gasteiger charge is 2.20. The average molecular weight is 294 g/mol. The van der Waals surface area contributed by atoms with Crippen LogP contribution in [0.3, 0.4) is 0 Å². The van der Waals surface area contributed by atoms with Crippen LogP contribution < -0.4 is 0 Å². The van der Waals surface area contributed by atoms with Crippen molar-refractivity contribution >= 4 is 11.9 Å². The first-order valence-corrected chi connectivity index (χ1v) is 8.25. The SMILES string of the molecule is C/C(=C/C(=O)OC1CCCCC1)C(=O)OC1CCCCC1. The largest absolute Gasteiger partial charge is 0.459 e. The van der Waals surface area contributed by atoms with E-state index in [2.05, 4.69) is 0 Å². The van der Waals surface area contributed by atoms with Crippen molar-refractivity contribution in [3.63, 3.8) is 0 Å². The normalized spacial score (nSPS) is 21.9. The average Bonchev–Trinajstić information content (AvgIpc) is 2.49. The first-order chi connectivity index (χ1) is 10.1. The molecule has 2 aliphatic rings. The van der Waals surface area contributed by atoms with Crippen LogP contribution in [-0.2, 0) is 19.1 Å². The molecule has 0 aromatic rings. The molecule has 0 N–H and O–H groups in total. The van der Waals surface area contributed by atoms with Gasteiger partial charge in [-0.1, -0.05) is 12.8 Å². The van der Waals surface area contributed by atoms with E-state index in [1.54, 1.807) is 6.92 Å². The van der Waals surface area contributed by atoms with Crippen LogP contribution in [0.15, 0.2) is 11.6 Å². The maximum atomic E-state index is 11.9. The second-order valence-electron chi connectivity index (χ2n) is 6.19.